The largest absolute Gasteiger partial charge is 0.508 e. The van der Waals surface area contributed by atoms with E-state index in [1.165, 1.54) is 28.6 Å². The van der Waals surface area contributed by atoms with Crippen LogP contribution in [0.4, 0.5) is 5.69 Å². The number of anilines is 1. The van der Waals surface area contributed by atoms with Gasteiger partial charge in [0, 0.05) is 24.8 Å². The zero-order valence-corrected chi connectivity index (χ0v) is 13.5. The Kier molecular flexibility index (Phi) is 4.56. The summed E-state index contributed by atoms with van der Waals surface area (Å²) in [6.45, 7) is 1.14. The Balaban J connectivity index is 1.76. The van der Waals surface area contributed by atoms with Gasteiger partial charge in [-0.25, -0.2) is 8.42 Å². The highest BCUT2D eigenvalue weighted by atomic mass is 32.2. The highest BCUT2D eigenvalue weighted by Gasteiger charge is 2.30. The highest BCUT2D eigenvalue weighted by molar-refractivity contribution is 7.89. The molecule has 0 atom stereocenters. The Morgan fingerprint density at radius 3 is 2.62 bits per heavy atom. The molecule has 0 radical (unpaired) electrons. The van der Waals surface area contributed by atoms with E-state index in [9.17, 15) is 18.3 Å². The van der Waals surface area contributed by atoms with Gasteiger partial charge in [0.15, 0.2) is 5.76 Å². The Labute approximate surface area is 138 Å². The number of morpholine rings is 1. The van der Waals surface area contributed by atoms with E-state index in [-0.39, 0.29) is 29.7 Å². The number of benzene rings is 1. The van der Waals surface area contributed by atoms with Gasteiger partial charge >= 0.3 is 0 Å². The average molecular weight is 352 g/mol. The number of sulfonamides is 1. The summed E-state index contributed by atoms with van der Waals surface area (Å²) in [7, 11) is -3.79. The third kappa shape index (κ3) is 3.42. The molecule has 9 heteroatoms. The number of carbonyl (C=O) groups excluding carboxylic acids is 1. The van der Waals surface area contributed by atoms with Gasteiger partial charge in [0.2, 0.25) is 5.09 Å². The zero-order chi connectivity index (χ0) is 17.2. The van der Waals surface area contributed by atoms with Crippen LogP contribution in [0.25, 0.3) is 0 Å². The number of nitrogens with zero attached hydrogens (tertiary/aromatic N) is 1. The molecule has 1 aliphatic heterocycles. The van der Waals surface area contributed by atoms with E-state index in [1.54, 1.807) is 12.1 Å². The topological polar surface area (TPSA) is 109 Å². The summed E-state index contributed by atoms with van der Waals surface area (Å²) in [6, 6.07) is 8.54. The van der Waals surface area contributed by atoms with E-state index < -0.39 is 15.9 Å². The van der Waals surface area contributed by atoms with E-state index in [0.717, 1.165) is 0 Å². The fourth-order valence-electron chi connectivity index (χ4n) is 2.27. The van der Waals surface area contributed by atoms with Crippen molar-refractivity contribution in [1.82, 2.24) is 4.31 Å². The van der Waals surface area contributed by atoms with Crippen LogP contribution in [0.15, 0.2) is 45.9 Å². The van der Waals surface area contributed by atoms with E-state index in [0.29, 0.717) is 18.9 Å². The molecule has 2 N–H and O–H groups in total. The Bertz CT molecular complexity index is 839. The maximum atomic E-state index is 12.4. The fraction of sp³-hybridized carbons (Fsp3) is 0.267. The molecule has 1 aromatic carbocycles. The lowest BCUT2D eigenvalue weighted by atomic mass is 10.3. The first-order valence-corrected chi connectivity index (χ1v) is 8.69. The summed E-state index contributed by atoms with van der Waals surface area (Å²) in [5.41, 5.74) is 0.369. The number of aromatic hydroxyl groups is 1. The van der Waals surface area contributed by atoms with Crippen LogP contribution in [0, 0.1) is 0 Å². The molecule has 1 fully saturated rings. The van der Waals surface area contributed by atoms with Crippen LogP contribution < -0.4 is 5.32 Å². The van der Waals surface area contributed by atoms with Crippen LogP contribution in [0.5, 0.6) is 5.75 Å². The number of carbonyl (C=O) groups is 1. The van der Waals surface area contributed by atoms with Gasteiger partial charge < -0.3 is 19.6 Å². The predicted octanol–water partition coefficient (Wildman–Crippen LogP) is 1.26. The molecule has 2 aromatic rings. The number of furan rings is 1. The molecule has 1 amide bonds. The van der Waals surface area contributed by atoms with Crippen LogP contribution in [0.1, 0.15) is 10.6 Å². The van der Waals surface area contributed by atoms with Crippen LogP contribution in [-0.2, 0) is 14.8 Å². The minimum absolute atomic E-state index is 0.00262. The van der Waals surface area contributed by atoms with Crippen molar-refractivity contribution in [3.63, 3.8) is 0 Å². The van der Waals surface area contributed by atoms with E-state index in [4.69, 9.17) is 9.15 Å². The molecule has 2 heterocycles. The zero-order valence-electron chi connectivity index (χ0n) is 12.6. The summed E-state index contributed by atoms with van der Waals surface area (Å²) < 4.78 is 36.5. The first-order chi connectivity index (χ1) is 11.5. The molecule has 0 spiro atoms. The van der Waals surface area contributed by atoms with E-state index in [1.807, 2.05) is 0 Å². The fourth-order valence-corrected chi connectivity index (χ4v) is 3.59. The lowest BCUT2D eigenvalue weighted by Gasteiger charge is -2.24. The number of ether oxygens (including phenoxy) is 1. The molecule has 0 unspecified atom stereocenters. The van der Waals surface area contributed by atoms with Crippen LogP contribution in [-0.4, -0.2) is 50.0 Å². The summed E-state index contributed by atoms with van der Waals surface area (Å²) in [5.74, 6) is -0.739. The molecule has 128 valence electrons. The molecule has 24 heavy (non-hydrogen) atoms. The van der Waals surface area contributed by atoms with Gasteiger partial charge in [-0.1, -0.05) is 6.07 Å². The van der Waals surface area contributed by atoms with E-state index in [2.05, 4.69) is 5.32 Å². The van der Waals surface area contributed by atoms with Crippen molar-refractivity contribution in [2.45, 2.75) is 5.09 Å². The minimum Gasteiger partial charge on any atom is -0.508 e. The number of nitrogens with one attached hydrogen (secondary N) is 1. The Hall–Kier alpha value is -2.36. The second-order valence-electron chi connectivity index (χ2n) is 5.14. The van der Waals surface area contributed by atoms with Crippen molar-refractivity contribution in [3.8, 4) is 5.75 Å². The van der Waals surface area contributed by atoms with Gasteiger partial charge in [-0.2, -0.15) is 4.31 Å². The van der Waals surface area contributed by atoms with Gasteiger partial charge in [0.1, 0.15) is 5.75 Å². The van der Waals surface area contributed by atoms with Gasteiger partial charge in [0.05, 0.1) is 13.2 Å². The normalized spacial score (nSPS) is 16.0. The molecular weight excluding hydrogens is 336 g/mol. The number of hydrogen-bond acceptors (Lipinski definition) is 6. The number of amides is 1. The van der Waals surface area contributed by atoms with Crippen molar-refractivity contribution in [1.29, 1.82) is 0 Å². The molecule has 3 rings (SSSR count). The predicted molar refractivity (Wildman–Crippen MR) is 84.3 cm³/mol. The van der Waals surface area contributed by atoms with Crippen molar-refractivity contribution < 1.29 is 27.5 Å². The summed E-state index contributed by atoms with van der Waals surface area (Å²) >= 11 is 0. The quantitative estimate of drug-likeness (QED) is 0.857. The molecule has 1 saturated heterocycles. The summed E-state index contributed by atoms with van der Waals surface area (Å²) in [5, 5.41) is 11.6. The molecule has 0 saturated carbocycles. The summed E-state index contributed by atoms with van der Waals surface area (Å²) in [4.78, 5) is 12.1. The van der Waals surface area contributed by atoms with Gasteiger partial charge in [-0.3, -0.25) is 4.79 Å². The molecular formula is C15H16N2O6S. The third-order valence-electron chi connectivity index (χ3n) is 3.47. The Morgan fingerprint density at radius 1 is 1.17 bits per heavy atom. The molecule has 1 aromatic heterocycles. The third-order valence-corrected chi connectivity index (χ3v) is 5.25. The molecule has 1 aliphatic rings. The number of phenolic OH excluding ortho intramolecular Hbond substituents is 1. The first-order valence-electron chi connectivity index (χ1n) is 7.25. The van der Waals surface area contributed by atoms with Gasteiger partial charge in [0.25, 0.3) is 15.9 Å². The smallest absolute Gasteiger partial charge is 0.291 e. The SMILES string of the molecule is O=C(Nc1cccc(O)c1)c1ccc(S(=O)(=O)N2CCOCC2)o1. The molecule has 0 aliphatic carbocycles. The highest BCUT2D eigenvalue weighted by Crippen LogP contribution is 2.21. The summed E-state index contributed by atoms with van der Waals surface area (Å²) in [6.07, 6.45) is 0. The minimum atomic E-state index is -3.79. The number of phenols is 1. The van der Waals surface area contributed by atoms with E-state index >= 15 is 0 Å². The lowest BCUT2D eigenvalue weighted by molar-refractivity contribution is 0.0723. The first kappa shape index (κ1) is 16.5. The van der Waals surface area contributed by atoms with Crippen molar-refractivity contribution >= 4 is 21.6 Å². The van der Waals surface area contributed by atoms with Crippen molar-refractivity contribution in [3.05, 3.63) is 42.2 Å². The number of hydrogen-bond donors (Lipinski definition) is 2. The maximum Gasteiger partial charge on any atom is 0.291 e. The average Bonchev–Trinajstić information content (AvgIpc) is 3.07. The van der Waals surface area contributed by atoms with Gasteiger partial charge in [-0.15, -0.1) is 0 Å². The maximum absolute atomic E-state index is 12.4. The van der Waals surface area contributed by atoms with Crippen molar-refractivity contribution in [2.75, 3.05) is 31.6 Å². The van der Waals surface area contributed by atoms with Crippen LogP contribution >= 0.6 is 0 Å². The van der Waals surface area contributed by atoms with Crippen LogP contribution in [0.2, 0.25) is 0 Å². The molecule has 8 nitrogen and oxygen atoms in total. The second-order valence-corrected chi connectivity index (χ2v) is 7.01. The lowest BCUT2D eigenvalue weighted by Crippen LogP contribution is -2.40. The standard InChI is InChI=1S/C15H16N2O6S/c18-12-3-1-2-11(10-12)16-15(19)13-4-5-14(23-13)24(20,21)17-6-8-22-9-7-17/h1-5,10,18H,6-9H2,(H,16,19). The van der Waals surface area contributed by atoms with Crippen molar-refractivity contribution in [2.24, 2.45) is 0 Å². The second kappa shape index (κ2) is 6.63. The van der Waals surface area contributed by atoms with Gasteiger partial charge in [-0.05, 0) is 24.3 Å². The molecule has 0 bridgehead atoms. The Morgan fingerprint density at radius 2 is 1.92 bits per heavy atom. The monoisotopic (exact) mass is 352 g/mol. The van der Waals surface area contributed by atoms with Crippen LogP contribution in [0.3, 0.4) is 0 Å². The number of rotatable bonds is 4.